The third-order valence-electron chi connectivity index (χ3n) is 7.82. The molecule has 0 radical (unpaired) electrons. The number of piperidine rings is 1. The summed E-state index contributed by atoms with van der Waals surface area (Å²) >= 11 is 0. The van der Waals surface area contributed by atoms with E-state index >= 15 is 4.39 Å². The SMILES string of the molecule is COc1ccc2ncc(C)c(C(F)CCC3(CO)CCN(CCCc4c(F)cc(F)cc4F)CC3)c2c1. The molecule has 1 fully saturated rings. The number of aliphatic hydroxyl groups is 1. The molecule has 2 aromatic carbocycles. The van der Waals surface area contributed by atoms with Crippen molar-refractivity contribution in [1.82, 2.24) is 9.88 Å². The van der Waals surface area contributed by atoms with Crippen molar-refractivity contribution in [3.05, 3.63) is 70.7 Å². The maximum Gasteiger partial charge on any atom is 0.132 e. The van der Waals surface area contributed by atoms with Crippen LogP contribution in [0.1, 0.15) is 55.0 Å². The van der Waals surface area contributed by atoms with Crippen molar-refractivity contribution >= 4 is 10.9 Å². The van der Waals surface area contributed by atoms with Crippen molar-refractivity contribution in [1.29, 1.82) is 0 Å². The van der Waals surface area contributed by atoms with E-state index in [1.54, 1.807) is 13.3 Å². The monoisotopic (exact) mass is 518 g/mol. The van der Waals surface area contributed by atoms with Crippen LogP contribution in [-0.2, 0) is 6.42 Å². The maximum atomic E-state index is 15.7. The van der Waals surface area contributed by atoms with Crippen LogP contribution in [0, 0.1) is 29.8 Å². The lowest BCUT2D eigenvalue weighted by molar-refractivity contribution is 0.0299. The van der Waals surface area contributed by atoms with Crippen LogP contribution in [0.2, 0.25) is 0 Å². The number of pyridine rings is 1. The molecular formula is C29H34F4N2O2. The highest BCUT2D eigenvalue weighted by molar-refractivity contribution is 5.84. The molecule has 2 heterocycles. The number of benzene rings is 2. The molecule has 1 saturated heterocycles. The minimum atomic E-state index is -1.19. The lowest BCUT2D eigenvalue weighted by Gasteiger charge is -2.41. The first kappa shape index (κ1) is 27.3. The van der Waals surface area contributed by atoms with Crippen LogP contribution >= 0.6 is 0 Å². The van der Waals surface area contributed by atoms with Gasteiger partial charge in [0.1, 0.15) is 29.4 Å². The van der Waals surface area contributed by atoms with Crippen LogP contribution in [0.5, 0.6) is 5.75 Å². The van der Waals surface area contributed by atoms with Gasteiger partial charge < -0.3 is 14.7 Å². The Morgan fingerprint density at radius 2 is 1.81 bits per heavy atom. The third-order valence-corrected chi connectivity index (χ3v) is 7.82. The highest BCUT2D eigenvalue weighted by Crippen LogP contribution is 2.41. The molecule has 0 bridgehead atoms. The Balaban J connectivity index is 1.33. The maximum absolute atomic E-state index is 15.7. The average Bonchev–Trinajstić information content (AvgIpc) is 2.89. The fourth-order valence-corrected chi connectivity index (χ4v) is 5.44. The molecule has 200 valence electrons. The minimum absolute atomic E-state index is 0.0105. The predicted molar refractivity (Wildman–Crippen MR) is 136 cm³/mol. The number of alkyl halides is 1. The number of likely N-dealkylation sites (tertiary alicyclic amines) is 1. The number of aliphatic hydroxyl groups excluding tert-OH is 1. The fourth-order valence-electron chi connectivity index (χ4n) is 5.44. The van der Waals surface area contributed by atoms with E-state index in [1.807, 2.05) is 25.1 Å². The van der Waals surface area contributed by atoms with Crippen LogP contribution in [0.3, 0.4) is 0 Å². The second-order valence-electron chi connectivity index (χ2n) is 10.2. The topological polar surface area (TPSA) is 45.6 Å². The van der Waals surface area contributed by atoms with Crippen molar-refractivity contribution in [2.75, 3.05) is 33.4 Å². The predicted octanol–water partition coefficient (Wildman–Crippen LogP) is 6.47. The van der Waals surface area contributed by atoms with E-state index in [1.165, 1.54) is 0 Å². The Morgan fingerprint density at radius 1 is 1.11 bits per heavy atom. The fraction of sp³-hybridized carbons (Fsp3) is 0.483. The Hall–Kier alpha value is -2.71. The van der Waals surface area contributed by atoms with Gasteiger partial charge in [-0.15, -0.1) is 0 Å². The van der Waals surface area contributed by atoms with Crippen LogP contribution in [-0.4, -0.2) is 48.3 Å². The summed E-state index contributed by atoms with van der Waals surface area (Å²) in [5.74, 6) is -1.98. The summed E-state index contributed by atoms with van der Waals surface area (Å²) in [5, 5.41) is 11.0. The Bertz CT molecular complexity index is 1200. The van der Waals surface area contributed by atoms with E-state index in [2.05, 4.69) is 9.88 Å². The van der Waals surface area contributed by atoms with Gasteiger partial charge in [-0.05, 0) is 99.8 Å². The summed E-state index contributed by atoms with van der Waals surface area (Å²) in [6.45, 7) is 3.94. The molecule has 1 aliphatic rings. The molecule has 1 aliphatic heterocycles. The zero-order valence-electron chi connectivity index (χ0n) is 21.4. The molecule has 1 unspecified atom stereocenters. The van der Waals surface area contributed by atoms with Crippen molar-refractivity contribution in [3.8, 4) is 5.75 Å². The largest absolute Gasteiger partial charge is 0.497 e. The Morgan fingerprint density at radius 3 is 2.46 bits per heavy atom. The van der Waals surface area contributed by atoms with Gasteiger partial charge in [0.05, 0.1) is 12.6 Å². The summed E-state index contributed by atoms with van der Waals surface area (Å²) in [7, 11) is 1.58. The quantitative estimate of drug-likeness (QED) is 0.313. The molecule has 4 rings (SSSR count). The van der Waals surface area contributed by atoms with Gasteiger partial charge in [-0.3, -0.25) is 4.98 Å². The first-order valence-corrected chi connectivity index (χ1v) is 12.8. The summed E-state index contributed by atoms with van der Waals surface area (Å²) in [4.78, 5) is 6.62. The molecule has 37 heavy (non-hydrogen) atoms. The molecule has 0 saturated carbocycles. The average molecular weight is 519 g/mol. The number of hydrogen-bond acceptors (Lipinski definition) is 4. The number of ether oxygens (including phenoxy) is 1. The third kappa shape index (κ3) is 6.24. The van der Waals surface area contributed by atoms with Crippen molar-refractivity contribution in [3.63, 3.8) is 0 Å². The summed E-state index contributed by atoms with van der Waals surface area (Å²) in [5.41, 5.74) is 1.68. The Labute approximate surface area is 215 Å². The number of hydrogen-bond donors (Lipinski definition) is 1. The van der Waals surface area contributed by atoms with E-state index in [9.17, 15) is 18.3 Å². The van der Waals surface area contributed by atoms with E-state index < -0.39 is 23.6 Å². The van der Waals surface area contributed by atoms with E-state index in [0.29, 0.717) is 49.3 Å². The molecular weight excluding hydrogens is 484 g/mol. The van der Waals surface area contributed by atoms with Gasteiger partial charge >= 0.3 is 0 Å². The van der Waals surface area contributed by atoms with Crippen molar-refractivity contribution in [2.24, 2.45) is 5.41 Å². The van der Waals surface area contributed by atoms with Crippen LogP contribution in [0.25, 0.3) is 10.9 Å². The highest BCUT2D eigenvalue weighted by Gasteiger charge is 2.35. The molecule has 0 amide bonds. The second kappa shape index (κ2) is 11.8. The van der Waals surface area contributed by atoms with Gasteiger partial charge in [0.15, 0.2) is 0 Å². The molecule has 1 atom stereocenters. The van der Waals surface area contributed by atoms with Gasteiger partial charge in [-0.2, -0.15) is 0 Å². The van der Waals surface area contributed by atoms with Crippen molar-refractivity contribution < 1.29 is 27.4 Å². The smallest absolute Gasteiger partial charge is 0.132 e. The lowest BCUT2D eigenvalue weighted by Crippen LogP contribution is -2.42. The minimum Gasteiger partial charge on any atom is -0.497 e. The first-order valence-electron chi connectivity index (χ1n) is 12.8. The molecule has 3 aromatic rings. The normalized spacial score (nSPS) is 16.7. The number of aryl methyl sites for hydroxylation is 1. The summed E-state index contributed by atoms with van der Waals surface area (Å²) < 4.78 is 61.9. The zero-order valence-corrected chi connectivity index (χ0v) is 21.4. The van der Waals surface area contributed by atoms with Crippen LogP contribution in [0.4, 0.5) is 17.6 Å². The van der Waals surface area contributed by atoms with Crippen LogP contribution in [0.15, 0.2) is 36.5 Å². The zero-order chi connectivity index (χ0) is 26.6. The van der Waals surface area contributed by atoms with Gasteiger partial charge in [-0.25, -0.2) is 17.6 Å². The van der Waals surface area contributed by atoms with E-state index in [4.69, 9.17) is 4.74 Å². The second-order valence-corrected chi connectivity index (χ2v) is 10.2. The molecule has 1 aromatic heterocycles. The number of methoxy groups -OCH3 is 1. The lowest BCUT2D eigenvalue weighted by atomic mass is 9.74. The van der Waals surface area contributed by atoms with Gasteiger partial charge in [0.2, 0.25) is 0 Å². The summed E-state index contributed by atoms with van der Waals surface area (Å²) in [6.07, 6.45) is 3.51. The van der Waals surface area contributed by atoms with Crippen LogP contribution < -0.4 is 4.74 Å². The molecule has 1 N–H and O–H groups in total. The van der Waals surface area contributed by atoms with Gasteiger partial charge in [0, 0.05) is 35.9 Å². The number of fused-ring (bicyclic) bond motifs is 1. The van der Waals surface area contributed by atoms with Gasteiger partial charge in [0.25, 0.3) is 0 Å². The number of rotatable bonds is 10. The van der Waals surface area contributed by atoms with Gasteiger partial charge in [-0.1, -0.05) is 0 Å². The summed E-state index contributed by atoms with van der Waals surface area (Å²) in [6, 6.07) is 6.87. The van der Waals surface area contributed by atoms with E-state index in [-0.39, 0.29) is 24.0 Å². The number of halogens is 4. The number of nitrogens with zero attached hydrogens (tertiary/aromatic N) is 2. The van der Waals surface area contributed by atoms with Crippen molar-refractivity contribution in [2.45, 2.75) is 51.6 Å². The first-order chi connectivity index (χ1) is 17.7. The molecule has 0 aliphatic carbocycles. The Kier molecular flexibility index (Phi) is 8.70. The highest BCUT2D eigenvalue weighted by atomic mass is 19.1. The standard InChI is InChI=1S/C29H34F4N2O2/c1-19-17-34-27-6-5-21(37-2)16-23(27)28(19)24(31)7-8-29(18-36)9-12-35(13-10-29)11-3-4-22-25(32)14-20(30)15-26(22)33/h5-6,14-17,24,36H,3-4,7-13,18H2,1-2H3. The molecule has 0 spiro atoms. The van der Waals surface area contributed by atoms with E-state index in [0.717, 1.165) is 42.4 Å². The molecule has 8 heteroatoms. The number of aromatic nitrogens is 1. The molecule has 4 nitrogen and oxygen atoms in total.